The second-order valence-electron chi connectivity index (χ2n) is 4.38. The molecule has 0 radical (unpaired) electrons. The fraction of sp³-hybridized carbons (Fsp3) is 0.462. The van der Waals surface area contributed by atoms with E-state index in [0.29, 0.717) is 6.54 Å². The summed E-state index contributed by atoms with van der Waals surface area (Å²) in [7, 11) is 0. The van der Waals surface area contributed by atoms with E-state index in [-0.39, 0.29) is 6.03 Å². The van der Waals surface area contributed by atoms with Gasteiger partial charge in [-0.25, -0.2) is 4.79 Å². The Hall–Kier alpha value is -1.55. The van der Waals surface area contributed by atoms with Crippen LogP contribution in [-0.4, -0.2) is 24.0 Å². The number of carbonyl (C=O) groups excluding carboxylic acids is 1. The molecule has 0 unspecified atom stereocenters. The second-order valence-corrected chi connectivity index (χ2v) is 4.38. The number of likely N-dealkylation sites (tertiary alicyclic amines) is 1. The van der Waals surface area contributed by atoms with Crippen molar-refractivity contribution in [3.8, 4) is 0 Å². The zero-order chi connectivity index (χ0) is 12.1. The van der Waals surface area contributed by atoms with E-state index >= 15 is 0 Å². The van der Waals surface area contributed by atoms with Crippen LogP contribution in [0.3, 0.4) is 0 Å². The van der Waals surface area contributed by atoms with Crippen molar-refractivity contribution in [3.63, 3.8) is 0 Å². The highest BCUT2D eigenvalue weighted by Gasteiger charge is 2.15. The minimum Gasteiger partial charge on any atom is -0.326 e. The number of nitrogens with one attached hydrogen (secondary N) is 1. The van der Waals surface area contributed by atoms with E-state index < -0.39 is 0 Å². The molecular weight excluding hydrogens is 214 g/mol. The topological polar surface area (TPSA) is 58.4 Å². The zero-order valence-corrected chi connectivity index (χ0v) is 9.98. The van der Waals surface area contributed by atoms with E-state index in [1.54, 1.807) is 0 Å². The predicted molar refractivity (Wildman–Crippen MR) is 68.8 cm³/mol. The lowest BCUT2D eigenvalue weighted by Gasteiger charge is -2.26. The van der Waals surface area contributed by atoms with Crippen LogP contribution in [0.2, 0.25) is 0 Å². The molecule has 1 fully saturated rings. The van der Waals surface area contributed by atoms with E-state index in [1.807, 2.05) is 29.2 Å². The number of nitrogens with two attached hydrogens (primary N) is 1. The molecule has 1 aromatic carbocycles. The fourth-order valence-corrected chi connectivity index (χ4v) is 2.02. The number of urea groups is 1. The van der Waals surface area contributed by atoms with Crippen molar-refractivity contribution in [2.24, 2.45) is 5.73 Å². The molecule has 1 aliphatic heterocycles. The molecule has 1 saturated heterocycles. The molecule has 0 bridgehead atoms. The number of carbonyl (C=O) groups is 1. The lowest BCUT2D eigenvalue weighted by atomic mass is 10.1. The molecule has 2 rings (SSSR count). The van der Waals surface area contributed by atoms with Crippen LogP contribution >= 0.6 is 0 Å². The van der Waals surface area contributed by atoms with E-state index in [9.17, 15) is 4.79 Å². The zero-order valence-electron chi connectivity index (χ0n) is 9.98. The Labute approximate surface area is 102 Å². The minimum absolute atomic E-state index is 0.00481. The number of anilines is 1. The van der Waals surface area contributed by atoms with Crippen LogP contribution in [0.25, 0.3) is 0 Å². The predicted octanol–water partition coefficient (Wildman–Crippen LogP) is 2.16. The number of nitrogens with zero attached hydrogens (tertiary/aromatic N) is 1. The monoisotopic (exact) mass is 233 g/mol. The van der Waals surface area contributed by atoms with Gasteiger partial charge in [-0.1, -0.05) is 12.1 Å². The van der Waals surface area contributed by atoms with Crippen LogP contribution in [0, 0.1) is 0 Å². The van der Waals surface area contributed by atoms with Crippen LogP contribution in [0.4, 0.5) is 10.5 Å². The first-order valence-corrected chi connectivity index (χ1v) is 6.14. The molecule has 2 amide bonds. The van der Waals surface area contributed by atoms with Crippen molar-refractivity contribution in [1.29, 1.82) is 0 Å². The summed E-state index contributed by atoms with van der Waals surface area (Å²) in [6.07, 6.45) is 3.45. The molecule has 0 atom stereocenters. The van der Waals surface area contributed by atoms with Gasteiger partial charge in [-0.15, -0.1) is 0 Å². The van der Waals surface area contributed by atoms with Crippen LogP contribution < -0.4 is 11.1 Å². The molecular formula is C13H19N3O. The van der Waals surface area contributed by atoms with Crippen LogP contribution in [-0.2, 0) is 6.54 Å². The maximum Gasteiger partial charge on any atom is 0.321 e. The van der Waals surface area contributed by atoms with Gasteiger partial charge in [0.15, 0.2) is 0 Å². The Bertz CT molecular complexity index is 369. The van der Waals surface area contributed by atoms with E-state index in [0.717, 1.165) is 37.2 Å². The molecule has 0 aromatic heterocycles. The lowest BCUT2D eigenvalue weighted by Crippen LogP contribution is -2.38. The van der Waals surface area contributed by atoms with Crippen molar-refractivity contribution < 1.29 is 4.79 Å². The maximum absolute atomic E-state index is 11.9. The quantitative estimate of drug-likeness (QED) is 0.822. The molecule has 0 spiro atoms. The smallest absolute Gasteiger partial charge is 0.321 e. The van der Waals surface area contributed by atoms with Gasteiger partial charge in [0, 0.05) is 25.3 Å². The molecule has 4 nitrogen and oxygen atoms in total. The number of rotatable bonds is 2. The van der Waals surface area contributed by atoms with Gasteiger partial charge in [-0.05, 0) is 37.0 Å². The standard InChI is InChI=1S/C13H19N3O/c14-10-11-4-6-12(7-5-11)15-13(17)16-8-2-1-3-9-16/h4-7H,1-3,8-10,14H2,(H,15,17). The molecule has 0 saturated carbocycles. The van der Waals surface area contributed by atoms with E-state index in [2.05, 4.69) is 5.32 Å². The van der Waals surface area contributed by atoms with Crippen molar-refractivity contribution in [3.05, 3.63) is 29.8 Å². The van der Waals surface area contributed by atoms with Crippen molar-refractivity contribution in [1.82, 2.24) is 4.90 Å². The normalized spacial score (nSPS) is 15.7. The number of hydrogen-bond donors (Lipinski definition) is 2. The third-order valence-corrected chi connectivity index (χ3v) is 3.08. The van der Waals surface area contributed by atoms with Crippen molar-refractivity contribution in [2.75, 3.05) is 18.4 Å². The summed E-state index contributed by atoms with van der Waals surface area (Å²) in [6, 6.07) is 7.66. The summed E-state index contributed by atoms with van der Waals surface area (Å²) in [4.78, 5) is 13.8. The molecule has 1 aliphatic rings. The first kappa shape index (κ1) is 11.9. The van der Waals surface area contributed by atoms with Crippen molar-refractivity contribution >= 4 is 11.7 Å². The summed E-state index contributed by atoms with van der Waals surface area (Å²) in [6.45, 7) is 2.26. The summed E-state index contributed by atoms with van der Waals surface area (Å²) in [5.74, 6) is 0. The summed E-state index contributed by atoms with van der Waals surface area (Å²) in [5, 5.41) is 2.91. The number of amides is 2. The Morgan fingerprint density at radius 1 is 1.18 bits per heavy atom. The van der Waals surface area contributed by atoms with Gasteiger partial charge in [0.25, 0.3) is 0 Å². The Balaban J connectivity index is 1.92. The maximum atomic E-state index is 11.9. The van der Waals surface area contributed by atoms with Gasteiger partial charge in [0.2, 0.25) is 0 Å². The van der Waals surface area contributed by atoms with Gasteiger partial charge < -0.3 is 16.0 Å². The van der Waals surface area contributed by atoms with E-state index in [4.69, 9.17) is 5.73 Å². The molecule has 3 N–H and O–H groups in total. The van der Waals surface area contributed by atoms with Crippen molar-refractivity contribution in [2.45, 2.75) is 25.8 Å². The highest BCUT2D eigenvalue weighted by atomic mass is 16.2. The van der Waals surface area contributed by atoms with Gasteiger partial charge in [-0.2, -0.15) is 0 Å². The first-order valence-electron chi connectivity index (χ1n) is 6.14. The molecule has 1 heterocycles. The van der Waals surface area contributed by atoms with Gasteiger partial charge in [0.05, 0.1) is 0 Å². The Kier molecular flexibility index (Phi) is 3.98. The number of benzene rings is 1. The minimum atomic E-state index is 0.00481. The SMILES string of the molecule is NCc1ccc(NC(=O)N2CCCCC2)cc1. The first-order chi connectivity index (χ1) is 8.29. The molecule has 17 heavy (non-hydrogen) atoms. The third-order valence-electron chi connectivity index (χ3n) is 3.08. The Morgan fingerprint density at radius 3 is 2.41 bits per heavy atom. The van der Waals surface area contributed by atoms with Crippen LogP contribution in [0.1, 0.15) is 24.8 Å². The summed E-state index contributed by atoms with van der Waals surface area (Å²) < 4.78 is 0. The molecule has 92 valence electrons. The van der Waals surface area contributed by atoms with Gasteiger partial charge in [0.1, 0.15) is 0 Å². The summed E-state index contributed by atoms with van der Waals surface area (Å²) in [5.41, 5.74) is 7.42. The third kappa shape index (κ3) is 3.20. The number of hydrogen-bond acceptors (Lipinski definition) is 2. The molecule has 1 aromatic rings. The highest BCUT2D eigenvalue weighted by Crippen LogP contribution is 2.13. The highest BCUT2D eigenvalue weighted by molar-refractivity contribution is 5.89. The number of piperidine rings is 1. The van der Waals surface area contributed by atoms with Crippen LogP contribution in [0.5, 0.6) is 0 Å². The van der Waals surface area contributed by atoms with E-state index in [1.165, 1.54) is 6.42 Å². The molecule has 4 heteroatoms. The molecule has 0 aliphatic carbocycles. The average molecular weight is 233 g/mol. The van der Waals surface area contributed by atoms with Gasteiger partial charge in [-0.3, -0.25) is 0 Å². The fourth-order valence-electron chi connectivity index (χ4n) is 2.02. The van der Waals surface area contributed by atoms with Crippen LogP contribution in [0.15, 0.2) is 24.3 Å². The average Bonchev–Trinajstić information content (AvgIpc) is 2.40. The summed E-state index contributed by atoms with van der Waals surface area (Å²) >= 11 is 0. The van der Waals surface area contributed by atoms with Gasteiger partial charge >= 0.3 is 6.03 Å². The largest absolute Gasteiger partial charge is 0.326 e. The Morgan fingerprint density at radius 2 is 1.82 bits per heavy atom. The lowest BCUT2D eigenvalue weighted by molar-refractivity contribution is 0.200. The second kappa shape index (κ2) is 5.68.